The number of ether oxygens (including phenoxy) is 2. The average molecular weight is 389 g/mol. The molecule has 28 heavy (non-hydrogen) atoms. The monoisotopic (exact) mass is 388 g/mol. The summed E-state index contributed by atoms with van der Waals surface area (Å²) in [4.78, 5) is 24.5. The van der Waals surface area contributed by atoms with Gasteiger partial charge in [-0.3, -0.25) is 0 Å². The number of hydrogen-bond donors (Lipinski definition) is 0. The van der Waals surface area contributed by atoms with E-state index < -0.39 is 0 Å². The third-order valence-electron chi connectivity index (χ3n) is 5.49. The van der Waals surface area contributed by atoms with Gasteiger partial charge in [-0.25, -0.2) is 9.59 Å². The van der Waals surface area contributed by atoms with Crippen molar-refractivity contribution in [2.75, 3.05) is 13.2 Å². The normalized spacial score (nSPS) is 14.6. The Morgan fingerprint density at radius 2 is 1.46 bits per heavy atom. The molecular weight excluding hydrogens is 352 g/mol. The first-order valence-electron chi connectivity index (χ1n) is 11.1. The van der Waals surface area contributed by atoms with Gasteiger partial charge in [0.2, 0.25) is 0 Å². The lowest BCUT2D eigenvalue weighted by Crippen LogP contribution is -2.17. The van der Waals surface area contributed by atoms with Crippen molar-refractivity contribution in [3.8, 4) is 0 Å². The van der Waals surface area contributed by atoms with Crippen LogP contribution in [0.2, 0.25) is 0 Å². The van der Waals surface area contributed by atoms with Gasteiger partial charge in [0.1, 0.15) is 0 Å². The van der Waals surface area contributed by atoms with Crippen LogP contribution >= 0.6 is 0 Å². The van der Waals surface area contributed by atoms with Crippen molar-refractivity contribution in [1.82, 2.24) is 0 Å². The largest absolute Gasteiger partial charge is 0.462 e. The standard InChI is InChI=1S/C24H36O4/c1-2-3-4-5-6-7-11-17-27-23(25)21-15-12-16-22(18-21)24(26)28-19-20-13-9-8-10-14-20/h12,15-16,18,20H,2-11,13-14,17,19H2,1H3. The van der Waals surface area contributed by atoms with Crippen LogP contribution in [0.4, 0.5) is 0 Å². The molecular formula is C24H36O4. The molecule has 1 aromatic rings. The van der Waals surface area contributed by atoms with Crippen LogP contribution in [-0.4, -0.2) is 25.2 Å². The van der Waals surface area contributed by atoms with Crippen LogP contribution in [0.1, 0.15) is 105 Å². The fourth-order valence-electron chi connectivity index (χ4n) is 3.71. The molecule has 0 amide bonds. The predicted molar refractivity (Wildman–Crippen MR) is 112 cm³/mol. The predicted octanol–water partition coefficient (Wildman–Crippen LogP) is 6.33. The fourth-order valence-corrected chi connectivity index (χ4v) is 3.71. The van der Waals surface area contributed by atoms with Gasteiger partial charge in [-0.1, -0.05) is 70.8 Å². The van der Waals surface area contributed by atoms with Crippen molar-refractivity contribution < 1.29 is 19.1 Å². The van der Waals surface area contributed by atoms with Crippen LogP contribution in [-0.2, 0) is 9.47 Å². The summed E-state index contributed by atoms with van der Waals surface area (Å²) in [5.74, 6) is -0.243. The van der Waals surface area contributed by atoms with Crippen molar-refractivity contribution in [2.45, 2.75) is 84.0 Å². The zero-order valence-corrected chi connectivity index (χ0v) is 17.4. The van der Waals surface area contributed by atoms with E-state index in [0.717, 1.165) is 25.7 Å². The Hall–Kier alpha value is -1.84. The molecule has 1 aliphatic carbocycles. The van der Waals surface area contributed by atoms with E-state index in [4.69, 9.17) is 9.47 Å². The molecule has 4 nitrogen and oxygen atoms in total. The van der Waals surface area contributed by atoms with Crippen LogP contribution in [0.5, 0.6) is 0 Å². The summed E-state index contributed by atoms with van der Waals surface area (Å²) in [6.07, 6.45) is 14.3. The molecule has 0 N–H and O–H groups in total. The van der Waals surface area contributed by atoms with Crippen LogP contribution < -0.4 is 0 Å². The van der Waals surface area contributed by atoms with Gasteiger partial charge in [0, 0.05) is 0 Å². The zero-order valence-electron chi connectivity index (χ0n) is 17.4. The van der Waals surface area contributed by atoms with Gasteiger partial charge in [-0.2, -0.15) is 0 Å². The molecule has 156 valence electrons. The van der Waals surface area contributed by atoms with Gasteiger partial charge < -0.3 is 9.47 Å². The molecule has 1 fully saturated rings. The number of esters is 2. The second kappa shape index (κ2) is 13.4. The van der Waals surface area contributed by atoms with Gasteiger partial charge in [-0.15, -0.1) is 0 Å². The average Bonchev–Trinajstić information content (AvgIpc) is 2.74. The van der Waals surface area contributed by atoms with Crippen LogP contribution in [0.25, 0.3) is 0 Å². The minimum atomic E-state index is -0.368. The first-order chi connectivity index (χ1) is 13.7. The van der Waals surface area contributed by atoms with E-state index >= 15 is 0 Å². The van der Waals surface area contributed by atoms with Crippen LogP contribution in [0.3, 0.4) is 0 Å². The molecule has 2 rings (SSSR count). The summed E-state index contributed by atoms with van der Waals surface area (Å²) in [6.45, 7) is 3.12. The number of unbranched alkanes of at least 4 members (excludes halogenated alkanes) is 6. The molecule has 1 saturated carbocycles. The molecule has 0 spiro atoms. The molecule has 1 aromatic carbocycles. The Morgan fingerprint density at radius 1 is 0.857 bits per heavy atom. The van der Waals surface area contributed by atoms with Gasteiger partial charge in [0.05, 0.1) is 24.3 Å². The summed E-state index contributed by atoms with van der Waals surface area (Å²) in [5.41, 5.74) is 0.830. The van der Waals surface area contributed by atoms with Crippen molar-refractivity contribution in [2.24, 2.45) is 5.92 Å². The molecule has 0 heterocycles. The molecule has 0 radical (unpaired) electrons. The topological polar surface area (TPSA) is 52.6 Å². The van der Waals surface area contributed by atoms with Crippen molar-refractivity contribution in [3.63, 3.8) is 0 Å². The van der Waals surface area contributed by atoms with Crippen LogP contribution in [0, 0.1) is 5.92 Å². The number of benzene rings is 1. The first kappa shape index (κ1) is 22.4. The van der Waals surface area contributed by atoms with Gasteiger partial charge >= 0.3 is 11.9 Å². The zero-order chi connectivity index (χ0) is 20.0. The Morgan fingerprint density at radius 3 is 2.14 bits per heavy atom. The van der Waals surface area contributed by atoms with E-state index in [9.17, 15) is 9.59 Å². The highest BCUT2D eigenvalue weighted by Gasteiger charge is 2.17. The summed E-state index contributed by atoms with van der Waals surface area (Å²) in [6, 6.07) is 6.67. The molecule has 0 bridgehead atoms. The maximum atomic E-state index is 12.3. The fraction of sp³-hybridized carbons (Fsp3) is 0.667. The highest BCUT2D eigenvalue weighted by atomic mass is 16.5. The second-order valence-electron chi connectivity index (χ2n) is 7.94. The Balaban J connectivity index is 1.69. The number of rotatable bonds is 12. The highest BCUT2D eigenvalue weighted by Crippen LogP contribution is 2.24. The van der Waals surface area contributed by atoms with E-state index in [1.165, 1.54) is 51.4 Å². The first-order valence-corrected chi connectivity index (χ1v) is 11.1. The Labute approximate surface area is 170 Å². The van der Waals surface area contributed by atoms with E-state index in [1.807, 2.05) is 0 Å². The number of carbonyl (C=O) groups excluding carboxylic acids is 2. The lowest BCUT2D eigenvalue weighted by Gasteiger charge is -2.21. The van der Waals surface area contributed by atoms with Crippen LogP contribution in [0.15, 0.2) is 24.3 Å². The molecule has 0 saturated heterocycles. The van der Waals surface area contributed by atoms with Gasteiger partial charge in [0.25, 0.3) is 0 Å². The third kappa shape index (κ3) is 8.45. The van der Waals surface area contributed by atoms with E-state index in [1.54, 1.807) is 24.3 Å². The molecule has 0 aliphatic heterocycles. The lowest BCUT2D eigenvalue weighted by molar-refractivity contribution is 0.0410. The molecule has 4 heteroatoms. The Bertz CT molecular complexity index is 590. The number of carbonyl (C=O) groups is 2. The highest BCUT2D eigenvalue weighted by molar-refractivity contribution is 5.95. The number of hydrogen-bond acceptors (Lipinski definition) is 4. The smallest absolute Gasteiger partial charge is 0.338 e. The third-order valence-corrected chi connectivity index (χ3v) is 5.49. The van der Waals surface area contributed by atoms with E-state index in [-0.39, 0.29) is 11.9 Å². The minimum Gasteiger partial charge on any atom is -0.462 e. The van der Waals surface area contributed by atoms with Crippen molar-refractivity contribution in [3.05, 3.63) is 35.4 Å². The van der Waals surface area contributed by atoms with Gasteiger partial charge in [-0.05, 0) is 43.4 Å². The summed E-state index contributed by atoms with van der Waals surface area (Å²) in [5, 5.41) is 0. The molecule has 0 atom stereocenters. The van der Waals surface area contributed by atoms with Gasteiger partial charge in [0.15, 0.2) is 0 Å². The Kier molecular flexibility index (Phi) is 10.7. The maximum absolute atomic E-state index is 12.3. The molecule has 0 unspecified atom stereocenters. The SMILES string of the molecule is CCCCCCCCCOC(=O)c1cccc(C(=O)OCC2CCCCC2)c1. The minimum absolute atomic E-state index is 0.354. The van der Waals surface area contributed by atoms with Crippen molar-refractivity contribution in [1.29, 1.82) is 0 Å². The summed E-state index contributed by atoms with van der Waals surface area (Å²) in [7, 11) is 0. The lowest BCUT2D eigenvalue weighted by atomic mass is 9.90. The summed E-state index contributed by atoms with van der Waals surface area (Å²) >= 11 is 0. The summed E-state index contributed by atoms with van der Waals surface area (Å²) < 4.78 is 10.8. The van der Waals surface area contributed by atoms with E-state index in [2.05, 4.69) is 6.92 Å². The van der Waals surface area contributed by atoms with E-state index in [0.29, 0.717) is 30.3 Å². The van der Waals surface area contributed by atoms with Crippen molar-refractivity contribution >= 4 is 11.9 Å². The molecule has 1 aliphatic rings. The quantitative estimate of drug-likeness (QED) is 0.310. The maximum Gasteiger partial charge on any atom is 0.338 e. The second-order valence-corrected chi connectivity index (χ2v) is 7.94. The molecule has 0 aromatic heterocycles.